The molecule has 2 heterocycles. The molecule has 122 valence electrons. The van der Waals surface area contributed by atoms with E-state index < -0.39 is 0 Å². The molecule has 5 nitrogen and oxygen atoms in total. The van der Waals surface area contributed by atoms with Gasteiger partial charge in [0.05, 0.1) is 5.56 Å². The summed E-state index contributed by atoms with van der Waals surface area (Å²) in [6.07, 6.45) is 1.32. The highest BCUT2D eigenvalue weighted by molar-refractivity contribution is 6.05. The van der Waals surface area contributed by atoms with E-state index in [2.05, 4.69) is 5.32 Å². The van der Waals surface area contributed by atoms with Crippen molar-refractivity contribution in [3.8, 4) is 0 Å². The fourth-order valence-corrected chi connectivity index (χ4v) is 3.09. The molecule has 0 saturated carbocycles. The maximum Gasteiger partial charge on any atom is 0.257 e. The number of furan rings is 1. The summed E-state index contributed by atoms with van der Waals surface area (Å²) in [7, 11) is 0. The number of nitrogens with one attached hydrogen (secondary N) is 1. The topological polar surface area (TPSA) is 62.6 Å². The summed E-state index contributed by atoms with van der Waals surface area (Å²) in [5.74, 6) is 0.801. The van der Waals surface area contributed by atoms with Crippen molar-refractivity contribution in [2.24, 2.45) is 0 Å². The van der Waals surface area contributed by atoms with Gasteiger partial charge in [-0.3, -0.25) is 9.59 Å². The Bertz CT molecular complexity index is 748. The molecule has 0 bridgehead atoms. The molecule has 1 atom stereocenters. The van der Waals surface area contributed by atoms with E-state index in [1.54, 1.807) is 6.07 Å². The van der Waals surface area contributed by atoms with Gasteiger partial charge in [-0.1, -0.05) is 12.1 Å². The van der Waals surface area contributed by atoms with Crippen molar-refractivity contribution in [2.75, 3.05) is 6.54 Å². The lowest BCUT2D eigenvalue weighted by atomic mass is 10.1. The van der Waals surface area contributed by atoms with Crippen molar-refractivity contribution in [1.29, 1.82) is 0 Å². The van der Waals surface area contributed by atoms with Crippen LogP contribution in [-0.2, 0) is 4.79 Å². The first-order valence-corrected chi connectivity index (χ1v) is 8.05. The van der Waals surface area contributed by atoms with E-state index >= 15 is 0 Å². The molecule has 2 aromatic rings. The molecule has 0 spiro atoms. The Morgan fingerprint density at radius 3 is 2.87 bits per heavy atom. The average Bonchev–Trinajstić information content (AvgIpc) is 3.07. The third-order valence-electron chi connectivity index (χ3n) is 4.28. The minimum Gasteiger partial charge on any atom is -0.461 e. The highest BCUT2D eigenvalue weighted by Gasteiger charge is 2.28. The Hall–Kier alpha value is -2.30. The normalized spacial score (nSPS) is 17.7. The van der Waals surface area contributed by atoms with E-state index in [1.165, 1.54) is 0 Å². The lowest BCUT2D eigenvalue weighted by Gasteiger charge is -2.29. The first kappa shape index (κ1) is 15.6. The van der Waals surface area contributed by atoms with Gasteiger partial charge in [-0.05, 0) is 39.3 Å². The zero-order chi connectivity index (χ0) is 16.6. The monoisotopic (exact) mass is 314 g/mol. The second-order valence-corrected chi connectivity index (χ2v) is 6.44. The summed E-state index contributed by atoms with van der Waals surface area (Å²) in [5.41, 5.74) is 1.21. The number of aryl methyl sites for hydroxylation is 1. The van der Waals surface area contributed by atoms with Crippen LogP contribution in [0.3, 0.4) is 0 Å². The summed E-state index contributed by atoms with van der Waals surface area (Å²) in [6, 6.07) is 7.64. The smallest absolute Gasteiger partial charge is 0.257 e. The number of rotatable bonds is 4. The fourth-order valence-electron chi connectivity index (χ4n) is 3.09. The van der Waals surface area contributed by atoms with Crippen molar-refractivity contribution in [3.63, 3.8) is 0 Å². The van der Waals surface area contributed by atoms with Gasteiger partial charge in [0.1, 0.15) is 11.3 Å². The molecule has 1 aromatic carbocycles. The van der Waals surface area contributed by atoms with Crippen LogP contribution in [0.15, 0.2) is 28.7 Å². The minimum atomic E-state index is -0.0545. The van der Waals surface area contributed by atoms with Crippen molar-refractivity contribution in [1.82, 2.24) is 10.2 Å². The molecule has 3 rings (SSSR count). The Morgan fingerprint density at radius 1 is 1.43 bits per heavy atom. The second-order valence-electron chi connectivity index (χ2n) is 6.44. The highest BCUT2D eigenvalue weighted by Crippen LogP contribution is 2.25. The summed E-state index contributed by atoms with van der Waals surface area (Å²) in [6.45, 7) is 6.38. The summed E-state index contributed by atoms with van der Waals surface area (Å²) in [5, 5.41) is 3.87. The predicted octanol–water partition coefficient (Wildman–Crippen LogP) is 2.87. The maximum atomic E-state index is 13.0. The molecule has 0 radical (unpaired) electrons. The molecule has 1 saturated heterocycles. The number of hydrogen-bond acceptors (Lipinski definition) is 3. The van der Waals surface area contributed by atoms with Crippen molar-refractivity contribution >= 4 is 22.8 Å². The molecular weight excluding hydrogens is 292 g/mol. The average molecular weight is 314 g/mol. The van der Waals surface area contributed by atoms with Gasteiger partial charge >= 0.3 is 0 Å². The number of carbonyl (C=O) groups excluding carboxylic acids is 2. The van der Waals surface area contributed by atoms with Crippen molar-refractivity contribution in [3.05, 3.63) is 35.6 Å². The molecule has 0 aliphatic carbocycles. The zero-order valence-electron chi connectivity index (χ0n) is 13.8. The largest absolute Gasteiger partial charge is 0.461 e. The van der Waals surface area contributed by atoms with E-state index in [1.807, 2.05) is 43.9 Å². The third-order valence-corrected chi connectivity index (χ3v) is 4.28. The van der Waals surface area contributed by atoms with E-state index in [0.717, 1.165) is 17.6 Å². The third kappa shape index (κ3) is 3.09. The molecule has 1 aliphatic heterocycles. The number of fused-ring (bicyclic) bond motifs is 1. The molecule has 0 unspecified atom stereocenters. The number of benzene rings is 1. The van der Waals surface area contributed by atoms with Gasteiger partial charge in [-0.25, -0.2) is 0 Å². The number of amides is 2. The fraction of sp³-hybridized carbons (Fsp3) is 0.444. The van der Waals surface area contributed by atoms with Gasteiger partial charge in [0.2, 0.25) is 5.91 Å². The van der Waals surface area contributed by atoms with Crippen molar-refractivity contribution in [2.45, 2.75) is 45.7 Å². The van der Waals surface area contributed by atoms with Gasteiger partial charge in [0.25, 0.3) is 5.91 Å². The number of nitrogens with zero attached hydrogens (tertiary/aromatic N) is 1. The van der Waals surface area contributed by atoms with Gasteiger partial charge in [0.15, 0.2) is 0 Å². The number of para-hydroxylation sites is 1. The molecule has 1 aromatic heterocycles. The predicted molar refractivity (Wildman–Crippen MR) is 88.3 cm³/mol. The van der Waals surface area contributed by atoms with Crippen LogP contribution in [-0.4, -0.2) is 35.3 Å². The number of carbonyl (C=O) groups is 2. The van der Waals surface area contributed by atoms with Gasteiger partial charge in [-0.15, -0.1) is 0 Å². The van der Waals surface area contributed by atoms with Crippen LogP contribution >= 0.6 is 0 Å². The molecule has 1 N–H and O–H groups in total. The molecule has 5 heteroatoms. The molecular formula is C18H22N2O3. The van der Waals surface area contributed by atoms with Crippen LogP contribution in [0.4, 0.5) is 0 Å². The van der Waals surface area contributed by atoms with Crippen LogP contribution in [0.1, 0.15) is 42.8 Å². The van der Waals surface area contributed by atoms with Gasteiger partial charge in [0, 0.05) is 30.4 Å². The SMILES string of the molecule is Cc1cc2cccc(C(=O)N(C[C@H]3CCC(=O)N3)C(C)C)c2o1. The van der Waals surface area contributed by atoms with E-state index in [4.69, 9.17) is 4.42 Å². The van der Waals surface area contributed by atoms with E-state index in [0.29, 0.717) is 24.1 Å². The first-order valence-electron chi connectivity index (χ1n) is 8.05. The standard InChI is InChI=1S/C18H22N2O3/c1-11(2)20(10-14-7-8-16(21)19-14)18(22)15-6-4-5-13-9-12(3)23-17(13)15/h4-6,9,11,14H,7-8,10H2,1-3H3,(H,19,21)/t14-/m1/s1. The van der Waals surface area contributed by atoms with Crippen LogP contribution in [0.2, 0.25) is 0 Å². The Morgan fingerprint density at radius 2 is 2.22 bits per heavy atom. The van der Waals surface area contributed by atoms with Crippen molar-refractivity contribution < 1.29 is 14.0 Å². The molecule has 23 heavy (non-hydrogen) atoms. The second kappa shape index (κ2) is 6.07. The van der Waals surface area contributed by atoms with E-state index in [-0.39, 0.29) is 23.9 Å². The summed E-state index contributed by atoms with van der Waals surface area (Å²) < 4.78 is 5.72. The van der Waals surface area contributed by atoms with E-state index in [9.17, 15) is 9.59 Å². The zero-order valence-corrected chi connectivity index (χ0v) is 13.8. The summed E-state index contributed by atoms with van der Waals surface area (Å²) >= 11 is 0. The lowest BCUT2D eigenvalue weighted by molar-refractivity contribution is -0.119. The Balaban J connectivity index is 1.89. The maximum absolute atomic E-state index is 13.0. The lowest BCUT2D eigenvalue weighted by Crippen LogP contribution is -2.45. The molecule has 1 fully saturated rings. The van der Waals surface area contributed by atoms with Gasteiger partial charge < -0.3 is 14.6 Å². The molecule has 2 amide bonds. The highest BCUT2D eigenvalue weighted by atomic mass is 16.3. The van der Waals surface area contributed by atoms with Crippen LogP contribution < -0.4 is 5.32 Å². The molecule has 1 aliphatic rings. The quantitative estimate of drug-likeness (QED) is 0.944. The first-order chi connectivity index (χ1) is 11.0. The number of hydrogen-bond donors (Lipinski definition) is 1. The Labute approximate surface area is 135 Å². The van der Waals surface area contributed by atoms with Crippen LogP contribution in [0.25, 0.3) is 11.0 Å². The van der Waals surface area contributed by atoms with Crippen LogP contribution in [0.5, 0.6) is 0 Å². The Kier molecular flexibility index (Phi) is 4.11. The minimum absolute atomic E-state index is 0.0337. The summed E-state index contributed by atoms with van der Waals surface area (Å²) in [4.78, 5) is 26.2. The van der Waals surface area contributed by atoms with Crippen LogP contribution in [0, 0.1) is 6.92 Å². The van der Waals surface area contributed by atoms with Gasteiger partial charge in [-0.2, -0.15) is 0 Å².